The Kier molecular flexibility index (Phi) is 5.47. The van der Waals surface area contributed by atoms with Gasteiger partial charge in [0.05, 0.1) is 16.8 Å². The van der Waals surface area contributed by atoms with Crippen LogP contribution in [0.3, 0.4) is 0 Å². The van der Waals surface area contributed by atoms with Gasteiger partial charge in [-0.1, -0.05) is 18.5 Å². The number of nitrogens with one attached hydrogen (secondary N) is 1. The standard InChI is InChI=1S/C16H18ClF3N6/c1-2-25-5-7-26(8-6-25)14-10-21-24-15(23-14)22-11-3-4-13(17)12(9-11)16(18,19)20/h3-4,9-10H,2,5-8H2,1H3,(H,22,23,24). The van der Waals surface area contributed by atoms with Gasteiger partial charge in [0.25, 0.3) is 0 Å². The van der Waals surface area contributed by atoms with Gasteiger partial charge in [-0.15, -0.1) is 5.10 Å². The van der Waals surface area contributed by atoms with Gasteiger partial charge in [0.15, 0.2) is 5.82 Å². The number of benzene rings is 1. The van der Waals surface area contributed by atoms with E-state index in [-0.39, 0.29) is 16.7 Å². The fourth-order valence-corrected chi connectivity index (χ4v) is 2.97. The van der Waals surface area contributed by atoms with E-state index < -0.39 is 11.7 Å². The van der Waals surface area contributed by atoms with Crippen molar-refractivity contribution >= 4 is 29.1 Å². The molecule has 140 valence electrons. The number of nitrogens with zero attached hydrogens (tertiary/aromatic N) is 5. The van der Waals surface area contributed by atoms with Crippen molar-refractivity contribution in [2.24, 2.45) is 0 Å². The Hall–Kier alpha value is -2.13. The highest BCUT2D eigenvalue weighted by Crippen LogP contribution is 2.36. The average molecular weight is 387 g/mol. The molecule has 1 N–H and O–H groups in total. The highest BCUT2D eigenvalue weighted by atomic mass is 35.5. The number of alkyl halides is 3. The molecular formula is C16H18ClF3N6. The summed E-state index contributed by atoms with van der Waals surface area (Å²) in [4.78, 5) is 8.77. The van der Waals surface area contributed by atoms with Gasteiger partial charge in [-0.05, 0) is 24.7 Å². The van der Waals surface area contributed by atoms with Gasteiger partial charge in [0, 0.05) is 31.9 Å². The van der Waals surface area contributed by atoms with E-state index in [4.69, 9.17) is 11.6 Å². The molecule has 0 unspecified atom stereocenters. The average Bonchev–Trinajstić information content (AvgIpc) is 2.63. The molecule has 0 atom stereocenters. The Balaban J connectivity index is 1.75. The predicted octanol–water partition coefficient (Wildman–Crippen LogP) is 3.43. The number of likely N-dealkylation sites (N-methyl/N-ethyl adjacent to an activating group) is 1. The van der Waals surface area contributed by atoms with E-state index in [0.717, 1.165) is 38.8 Å². The lowest BCUT2D eigenvalue weighted by molar-refractivity contribution is -0.137. The molecule has 2 aromatic rings. The smallest absolute Gasteiger partial charge is 0.353 e. The lowest BCUT2D eigenvalue weighted by Gasteiger charge is -2.34. The van der Waals surface area contributed by atoms with Crippen LogP contribution < -0.4 is 10.2 Å². The van der Waals surface area contributed by atoms with Crippen LogP contribution in [0.5, 0.6) is 0 Å². The first-order chi connectivity index (χ1) is 12.4. The van der Waals surface area contributed by atoms with Crippen LogP contribution in [-0.4, -0.2) is 52.8 Å². The number of rotatable bonds is 4. The van der Waals surface area contributed by atoms with Crippen molar-refractivity contribution in [3.63, 3.8) is 0 Å². The Morgan fingerprint density at radius 1 is 1.19 bits per heavy atom. The van der Waals surface area contributed by atoms with E-state index in [2.05, 4.69) is 37.2 Å². The maximum atomic E-state index is 13.0. The van der Waals surface area contributed by atoms with Crippen LogP contribution in [0.4, 0.5) is 30.6 Å². The van der Waals surface area contributed by atoms with E-state index in [1.165, 1.54) is 12.1 Å². The molecule has 0 spiro atoms. The van der Waals surface area contributed by atoms with Crippen LogP contribution in [-0.2, 0) is 6.18 Å². The molecule has 6 nitrogen and oxygen atoms in total. The lowest BCUT2D eigenvalue weighted by Crippen LogP contribution is -2.46. The Labute approximate surface area is 154 Å². The fraction of sp³-hybridized carbons (Fsp3) is 0.438. The molecule has 1 aliphatic heterocycles. The summed E-state index contributed by atoms with van der Waals surface area (Å²) in [6, 6.07) is 3.56. The van der Waals surface area contributed by atoms with Gasteiger partial charge >= 0.3 is 6.18 Å². The maximum absolute atomic E-state index is 13.0. The van der Waals surface area contributed by atoms with Crippen molar-refractivity contribution in [2.75, 3.05) is 42.9 Å². The molecular weight excluding hydrogens is 369 g/mol. The van der Waals surface area contributed by atoms with Crippen LogP contribution in [0.1, 0.15) is 12.5 Å². The molecule has 10 heteroatoms. The summed E-state index contributed by atoms with van der Waals surface area (Å²) in [6.07, 6.45) is -2.98. The highest BCUT2D eigenvalue weighted by Gasteiger charge is 2.33. The Morgan fingerprint density at radius 2 is 1.92 bits per heavy atom. The molecule has 2 heterocycles. The third kappa shape index (κ3) is 4.34. The van der Waals surface area contributed by atoms with Crippen LogP contribution in [0.2, 0.25) is 5.02 Å². The first-order valence-corrected chi connectivity index (χ1v) is 8.55. The number of piperazine rings is 1. The molecule has 0 saturated carbocycles. The van der Waals surface area contributed by atoms with E-state index in [0.29, 0.717) is 5.82 Å². The van der Waals surface area contributed by atoms with Crippen LogP contribution in [0.15, 0.2) is 24.4 Å². The van der Waals surface area contributed by atoms with Crippen molar-refractivity contribution in [2.45, 2.75) is 13.1 Å². The molecule has 0 aliphatic carbocycles. The fourth-order valence-electron chi connectivity index (χ4n) is 2.74. The molecule has 1 aromatic carbocycles. The third-order valence-corrected chi connectivity index (χ3v) is 4.55. The highest BCUT2D eigenvalue weighted by molar-refractivity contribution is 6.31. The minimum atomic E-state index is -4.53. The normalized spacial score (nSPS) is 16.0. The molecule has 0 radical (unpaired) electrons. The quantitative estimate of drug-likeness (QED) is 0.868. The van der Waals surface area contributed by atoms with Crippen molar-refractivity contribution in [1.29, 1.82) is 0 Å². The second kappa shape index (κ2) is 7.63. The van der Waals surface area contributed by atoms with Gasteiger partial charge in [0.1, 0.15) is 0 Å². The lowest BCUT2D eigenvalue weighted by atomic mass is 10.2. The number of anilines is 3. The largest absolute Gasteiger partial charge is 0.417 e. The van der Waals surface area contributed by atoms with Gasteiger partial charge in [-0.25, -0.2) is 0 Å². The minimum Gasteiger partial charge on any atom is -0.353 e. The predicted molar refractivity (Wildman–Crippen MR) is 93.9 cm³/mol. The third-order valence-electron chi connectivity index (χ3n) is 4.22. The minimum absolute atomic E-state index is 0.135. The number of aromatic nitrogens is 3. The topological polar surface area (TPSA) is 57.2 Å². The maximum Gasteiger partial charge on any atom is 0.417 e. The zero-order valence-corrected chi connectivity index (χ0v) is 14.8. The summed E-state index contributed by atoms with van der Waals surface area (Å²) in [5.74, 6) is 0.777. The van der Waals surface area contributed by atoms with Crippen LogP contribution in [0.25, 0.3) is 0 Å². The SMILES string of the molecule is CCN1CCN(c2cnnc(Nc3ccc(Cl)c(C(F)(F)F)c3)n2)CC1. The summed E-state index contributed by atoms with van der Waals surface area (Å²) in [6.45, 7) is 6.59. The zero-order chi connectivity index (χ0) is 18.7. The molecule has 1 aromatic heterocycles. The zero-order valence-electron chi connectivity index (χ0n) is 14.1. The monoisotopic (exact) mass is 386 g/mol. The summed E-state index contributed by atoms with van der Waals surface area (Å²) in [5.41, 5.74) is -0.722. The molecule has 1 aliphatic rings. The summed E-state index contributed by atoms with van der Waals surface area (Å²) in [5, 5.41) is 10.2. The van der Waals surface area contributed by atoms with Crippen molar-refractivity contribution in [1.82, 2.24) is 20.1 Å². The second-order valence-electron chi connectivity index (χ2n) is 5.88. The van der Waals surface area contributed by atoms with E-state index >= 15 is 0 Å². The molecule has 26 heavy (non-hydrogen) atoms. The van der Waals surface area contributed by atoms with Gasteiger partial charge < -0.3 is 15.1 Å². The van der Waals surface area contributed by atoms with Gasteiger partial charge in [-0.3, -0.25) is 0 Å². The molecule has 0 amide bonds. The van der Waals surface area contributed by atoms with Crippen LogP contribution >= 0.6 is 11.6 Å². The second-order valence-corrected chi connectivity index (χ2v) is 6.28. The number of hydrogen-bond acceptors (Lipinski definition) is 6. The number of hydrogen-bond donors (Lipinski definition) is 1. The Bertz CT molecular complexity index is 762. The van der Waals surface area contributed by atoms with Gasteiger partial charge in [0.2, 0.25) is 5.95 Å². The first-order valence-electron chi connectivity index (χ1n) is 8.17. The first kappa shape index (κ1) is 18.7. The molecule has 3 rings (SSSR count). The summed E-state index contributed by atoms with van der Waals surface area (Å²) < 4.78 is 38.9. The van der Waals surface area contributed by atoms with Crippen molar-refractivity contribution in [3.05, 3.63) is 35.0 Å². The van der Waals surface area contributed by atoms with E-state index in [1.54, 1.807) is 6.20 Å². The number of halogens is 4. The summed E-state index contributed by atoms with van der Waals surface area (Å²) in [7, 11) is 0. The Morgan fingerprint density at radius 3 is 2.58 bits per heavy atom. The molecule has 1 fully saturated rings. The van der Waals surface area contributed by atoms with E-state index in [9.17, 15) is 13.2 Å². The van der Waals surface area contributed by atoms with Gasteiger partial charge in [-0.2, -0.15) is 23.3 Å². The molecule has 1 saturated heterocycles. The summed E-state index contributed by atoms with van der Waals surface area (Å²) >= 11 is 5.63. The molecule has 0 bridgehead atoms. The van der Waals surface area contributed by atoms with Crippen LogP contribution in [0, 0.1) is 0 Å². The van der Waals surface area contributed by atoms with Crippen molar-refractivity contribution in [3.8, 4) is 0 Å². The van der Waals surface area contributed by atoms with E-state index in [1.807, 2.05) is 0 Å². The van der Waals surface area contributed by atoms with Crippen molar-refractivity contribution < 1.29 is 13.2 Å².